The highest BCUT2D eigenvalue weighted by Gasteiger charge is 2.51. The Morgan fingerprint density at radius 3 is 1.61 bits per heavy atom. The Morgan fingerprint density at radius 2 is 1.08 bits per heavy atom. The van der Waals surface area contributed by atoms with Gasteiger partial charge in [0.1, 0.15) is 38.5 Å². The van der Waals surface area contributed by atoms with E-state index in [-0.39, 0.29) is 0 Å². The van der Waals surface area contributed by atoms with Crippen LogP contribution in [-0.2, 0) is 0 Å². The maximum atomic E-state index is 6.30. The van der Waals surface area contributed by atoms with Gasteiger partial charge in [-0.3, -0.25) is 0 Å². The summed E-state index contributed by atoms with van der Waals surface area (Å²) < 4.78 is 14.8. The molecule has 1 aromatic heterocycles. The molecule has 5 aromatic carbocycles. The molecular weight excluding hydrogens is 461 g/mol. The number of hydrogen-bond donors (Lipinski definition) is 0. The molecule has 0 aliphatic carbocycles. The molecule has 0 bridgehead atoms. The summed E-state index contributed by atoms with van der Waals surface area (Å²) in [5, 5.41) is 5.97. The van der Waals surface area contributed by atoms with Crippen LogP contribution in [0.25, 0.3) is 21.9 Å². The quantitative estimate of drug-likeness (QED) is 0.238. The predicted octanol–water partition coefficient (Wildman–Crippen LogP) is 6.94. The van der Waals surface area contributed by atoms with Crippen LogP contribution in [0.3, 0.4) is 0 Å². The van der Waals surface area contributed by atoms with Crippen molar-refractivity contribution in [1.82, 2.24) is 0 Å². The summed E-state index contributed by atoms with van der Waals surface area (Å²) in [6, 6.07) is 44.9. The molecule has 0 N–H and O–H groups in total. The first kappa shape index (κ1) is 22.4. The number of fused-ring (bicyclic) bond motifs is 3. The van der Waals surface area contributed by atoms with E-state index in [1.165, 1.54) is 15.9 Å². The highest BCUT2D eigenvalue weighted by Crippen LogP contribution is 2.61. The third-order valence-electron chi connectivity index (χ3n) is 6.87. The Bertz CT molecular complexity index is 1530. The molecule has 0 saturated carbocycles. The molecule has 0 spiro atoms. The molecule has 0 amide bonds. The smallest absolute Gasteiger partial charge is 0.202 e. The molecular formula is C32H27NO2P+. The van der Waals surface area contributed by atoms with Gasteiger partial charge in [-0.25, -0.2) is 4.67 Å². The average molecular weight is 489 g/mol. The van der Waals surface area contributed by atoms with Crippen molar-refractivity contribution in [1.29, 1.82) is 0 Å². The minimum atomic E-state index is -2.31. The second kappa shape index (κ2) is 9.18. The lowest BCUT2D eigenvalue weighted by atomic mass is 10.1. The van der Waals surface area contributed by atoms with E-state index in [1.54, 1.807) is 7.11 Å². The van der Waals surface area contributed by atoms with E-state index in [1.807, 2.05) is 18.2 Å². The zero-order valence-corrected chi connectivity index (χ0v) is 21.2. The molecule has 0 radical (unpaired) electrons. The van der Waals surface area contributed by atoms with Gasteiger partial charge in [-0.2, -0.15) is 0 Å². The maximum Gasteiger partial charge on any atom is 0.202 e. The van der Waals surface area contributed by atoms with E-state index in [9.17, 15) is 0 Å². The van der Waals surface area contributed by atoms with Gasteiger partial charge in [-0.1, -0.05) is 72.8 Å². The number of rotatable bonds is 6. The van der Waals surface area contributed by atoms with Gasteiger partial charge in [0.25, 0.3) is 0 Å². The first-order chi connectivity index (χ1) is 17.7. The SMILES string of the molecule is COc1cc2c(cc1N(C)[P+](c1ccccc1)(c1ccccc1)c1ccccc1)oc1ccccc12. The molecule has 0 atom stereocenters. The van der Waals surface area contributed by atoms with Crippen molar-refractivity contribution >= 4 is 51.0 Å². The molecule has 176 valence electrons. The number of ether oxygens (including phenoxy) is 1. The lowest BCUT2D eigenvalue weighted by molar-refractivity contribution is 0.416. The van der Waals surface area contributed by atoms with Crippen LogP contribution in [0.1, 0.15) is 0 Å². The second-order valence-electron chi connectivity index (χ2n) is 8.78. The fourth-order valence-electron chi connectivity index (χ4n) is 5.22. The van der Waals surface area contributed by atoms with Crippen molar-refractivity contribution in [2.24, 2.45) is 0 Å². The van der Waals surface area contributed by atoms with Crippen molar-refractivity contribution < 1.29 is 9.15 Å². The Balaban J connectivity index is 1.68. The third-order valence-corrected chi connectivity index (χ3v) is 11.1. The minimum absolute atomic E-state index is 0.823. The monoisotopic (exact) mass is 488 g/mol. The van der Waals surface area contributed by atoms with E-state index >= 15 is 0 Å². The summed E-state index contributed by atoms with van der Waals surface area (Å²) in [6.07, 6.45) is 0. The van der Waals surface area contributed by atoms with Crippen LogP contribution in [0, 0.1) is 0 Å². The van der Waals surface area contributed by atoms with E-state index in [0.717, 1.165) is 33.4 Å². The van der Waals surface area contributed by atoms with Gasteiger partial charge in [0.15, 0.2) is 0 Å². The van der Waals surface area contributed by atoms with Crippen molar-refractivity contribution in [3.63, 3.8) is 0 Å². The van der Waals surface area contributed by atoms with Gasteiger partial charge < -0.3 is 9.15 Å². The number of furan rings is 1. The van der Waals surface area contributed by atoms with Gasteiger partial charge in [0.2, 0.25) is 7.41 Å². The standard InChI is InChI=1S/C32H27NO2P/c1-33(29-23-31-28(22-32(29)34-2)27-20-12-13-21-30(27)35-31)36(24-14-6-3-7-15-24,25-16-8-4-9-17-25)26-18-10-5-11-19-26/h3-23H,1-2H3/q+1. The fourth-order valence-corrected chi connectivity index (χ4v) is 9.44. The fraction of sp³-hybridized carbons (Fsp3) is 0.0625. The Labute approximate surface area is 212 Å². The molecule has 0 fully saturated rings. The Hall–Kier alpha value is -4.07. The number of anilines is 1. The van der Waals surface area contributed by atoms with Crippen molar-refractivity contribution in [3.05, 3.63) is 127 Å². The molecule has 1 heterocycles. The number of methoxy groups -OCH3 is 1. The van der Waals surface area contributed by atoms with E-state index < -0.39 is 7.41 Å². The molecule has 0 aliphatic rings. The summed E-state index contributed by atoms with van der Waals surface area (Å²) in [7, 11) is 1.62. The van der Waals surface area contributed by atoms with Crippen LogP contribution >= 0.6 is 7.41 Å². The number of hydrogen-bond acceptors (Lipinski definition) is 3. The summed E-state index contributed by atoms with van der Waals surface area (Å²) in [5.41, 5.74) is 2.73. The number of nitrogens with zero attached hydrogens (tertiary/aromatic N) is 1. The second-order valence-corrected chi connectivity index (χ2v) is 12.2. The molecule has 0 aliphatic heterocycles. The third kappa shape index (κ3) is 3.47. The summed E-state index contributed by atoms with van der Waals surface area (Å²) in [4.78, 5) is 0. The van der Waals surface area contributed by atoms with E-state index in [4.69, 9.17) is 9.15 Å². The lowest BCUT2D eigenvalue weighted by Gasteiger charge is -2.36. The summed E-state index contributed by atoms with van der Waals surface area (Å²) >= 11 is 0. The zero-order chi connectivity index (χ0) is 24.5. The molecule has 6 rings (SSSR count). The number of para-hydroxylation sites is 1. The first-order valence-electron chi connectivity index (χ1n) is 12.0. The zero-order valence-electron chi connectivity index (χ0n) is 20.3. The lowest BCUT2D eigenvalue weighted by Crippen LogP contribution is -2.41. The summed E-state index contributed by atoms with van der Waals surface area (Å²) in [5.74, 6) is 0.823. The molecule has 0 saturated heterocycles. The normalized spacial score (nSPS) is 11.6. The van der Waals surface area contributed by atoms with Crippen LogP contribution in [-0.4, -0.2) is 14.2 Å². The van der Waals surface area contributed by atoms with E-state index in [2.05, 4.69) is 121 Å². The van der Waals surface area contributed by atoms with E-state index in [0.29, 0.717) is 0 Å². The maximum absolute atomic E-state index is 6.30. The van der Waals surface area contributed by atoms with Gasteiger partial charge in [0, 0.05) is 23.9 Å². The predicted molar refractivity (Wildman–Crippen MR) is 154 cm³/mol. The Morgan fingerprint density at radius 1 is 0.583 bits per heavy atom. The first-order valence-corrected chi connectivity index (χ1v) is 13.8. The van der Waals surface area contributed by atoms with Crippen LogP contribution in [0.5, 0.6) is 5.75 Å². The average Bonchev–Trinajstić information content (AvgIpc) is 3.32. The van der Waals surface area contributed by atoms with Crippen molar-refractivity contribution in [3.8, 4) is 5.75 Å². The molecule has 36 heavy (non-hydrogen) atoms. The van der Waals surface area contributed by atoms with Crippen LogP contribution in [0.15, 0.2) is 132 Å². The summed E-state index contributed by atoms with van der Waals surface area (Å²) in [6.45, 7) is 0. The highest BCUT2D eigenvalue weighted by molar-refractivity contribution is 7.96. The van der Waals surface area contributed by atoms with Crippen molar-refractivity contribution in [2.45, 2.75) is 0 Å². The van der Waals surface area contributed by atoms with Crippen LogP contribution in [0.4, 0.5) is 5.69 Å². The molecule has 6 aromatic rings. The van der Waals surface area contributed by atoms with Gasteiger partial charge in [0.05, 0.1) is 7.11 Å². The molecule has 0 unspecified atom stereocenters. The van der Waals surface area contributed by atoms with Gasteiger partial charge in [-0.05, 0) is 48.5 Å². The van der Waals surface area contributed by atoms with Crippen LogP contribution in [0.2, 0.25) is 0 Å². The highest BCUT2D eigenvalue weighted by atomic mass is 31.2. The van der Waals surface area contributed by atoms with Gasteiger partial charge in [-0.15, -0.1) is 0 Å². The van der Waals surface area contributed by atoms with Crippen LogP contribution < -0.4 is 25.3 Å². The largest absolute Gasteiger partial charge is 0.494 e. The topological polar surface area (TPSA) is 25.6 Å². The Kier molecular flexibility index (Phi) is 5.71. The minimum Gasteiger partial charge on any atom is -0.494 e. The number of benzene rings is 5. The molecule has 4 heteroatoms. The van der Waals surface area contributed by atoms with Crippen molar-refractivity contribution in [2.75, 3.05) is 18.8 Å². The van der Waals surface area contributed by atoms with Gasteiger partial charge >= 0.3 is 0 Å². The molecule has 3 nitrogen and oxygen atoms in total.